The van der Waals surface area contributed by atoms with Gasteiger partial charge < -0.3 is 5.32 Å². The first kappa shape index (κ1) is 12.7. The molecular weight excluding hydrogens is 296 g/mol. The molecule has 0 amide bonds. The first-order valence-corrected chi connectivity index (χ1v) is 7.69. The van der Waals surface area contributed by atoms with Gasteiger partial charge in [-0.15, -0.1) is 0 Å². The van der Waals surface area contributed by atoms with Crippen LogP contribution in [0.15, 0.2) is 34.9 Å². The highest BCUT2D eigenvalue weighted by atomic mass is 79.9. The molecule has 0 bridgehead atoms. The van der Waals surface area contributed by atoms with Crippen LogP contribution in [0, 0.1) is 0 Å². The number of fused-ring (bicyclic) bond motifs is 1. The number of rotatable bonds is 4. The standard InChI is InChI=1S/C13H15BrN2S/c1-9(8-17-2)16-12-6-7-15-13-10(12)4-3-5-11(13)14/h3-7,9H,8H2,1-2H3,(H,15,16). The molecule has 2 rings (SSSR count). The summed E-state index contributed by atoms with van der Waals surface area (Å²) >= 11 is 5.38. The van der Waals surface area contributed by atoms with Gasteiger partial charge in [0.25, 0.3) is 0 Å². The number of halogens is 1. The SMILES string of the molecule is CSCC(C)Nc1ccnc2c(Br)cccc12. The predicted molar refractivity (Wildman–Crippen MR) is 80.9 cm³/mol. The van der Waals surface area contributed by atoms with E-state index in [9.17, 15) is 0 Å². The molecule has 17 heavy (non-hydrogen) atoms. The van der Waals surface area contributed by atoms with Gasteiger partial charge in [0.2, 0.25) is 0 Å². The molecule has 0 saturated heterocycles. The Hall–Kier alpha value is -0.740. The van der Waals surface area contributed by atoms with Crippen LogP contribution in [0.4, 0.5) is 5.69 Å². The van der Waals surface area contributed by atoms with Crippen molar-refractivity contribution in [2.45, 2.75) is 13.0 Å². The van der Waals surface area contributed by atoms with Crippen molar-refractivity contribution in [1.29, 1.82) is 0 Å². The zero-order valence-electron chi connectivity index (χ0n) is 9.90. The molecule has 2 aromatic rings. The van der Waals surface area contributed by atoms with Crippen LogP contribution in [0.1, 0.15) is 6.92 Å². The maximum Gasteiger partial charge on any atom is 0.0864 e. The number of hydrogen-bond acceptors (Lipinski definition) is 3. The smallest absolute Gasteiger partial charge is 0.0864 e. The second-order valence-corrected chi connectivity index (χ2v) is 5.76. The lowest BCUT2D eigenvalue weighted by molar-refractivity contribution is 0.916. The lowest BCUT2D eigenvalue weighted by atomic mass is 10.2. The van der Waals surface area contributed by atoms with Crippen LogP contribution in [-0.2, 0) is 0 Å². The van der Waals surface area contributed by atoms with E-state index in [2.05, 4.69) is 45.5 Å². The summed E-state index contributed by atoms with van der Waals surface area (Å²) in [5.74, 6) is 1.10. The summed E-state index contributed by atoms with van der Waals surface area (Å²) in [6.07, 6.45) is 3.97. The number of pyridine rings is 1. The van der Waals surface area contributed by atoms with Crippen LogP contribution in [0.3, 0.4) is 0 Å². The molecule has 90 valence electrons. The Morgan fingerprint density at radius 2 is 2.24 bits per heavy atom. The summed E-state index contributed by atoms with van der Waals surface area (Å²) in [6.45, 7) is 2.20. The molecule has 0 saturated carbocycles. The Morgan fingerprint density at radius 1 is 1.41 bits per heavy atom. The van der Waals surface area contributed by atoms with E-state index in [1.54, 1.807) is 0 Å². The van der Waals surface area contributed by atoms with Crippen LogP contribution in [0.5, 0.6) is 0 Å². The molecule has 1 heterocycles. The Balaban J connectivity index is 2.37. The van der Waals surface area contributed by atoms with E-state index in [4.69, 9.17) is 0 Å². The normalized spacial score (nSPS) is 12.6. The summed E-state index contributed by atoms with van der Waals surface area (Å²) in [7, 11) is 0. The van der Waals surface area contributed by atoms with Crippen LogP contribution < -0.4 is 5.32 Å². The average Bonchev–Trinajstić information content (AvgIpc) is 2.31. The number of thioether (sulfide) groups is 1. The van der Waals surface area contributed by atoms with Crippen LogP contribution in [-0.4, -0.2) is 23.0 Å². The molecule has 0 radical (unpaired) electrons. The van der Waals surface area contributed by atoms with E-state index < -0.39 is 0 Å². The fourth-order valence-electron chi connectivity index (χ4n) is 1.82. The second-order valence-electron chi connectivity index (χ2n) is 4.00. The Bertz CT molecular complexity index is 516. The molecule has 1 atom stereocenters. The largest absolute Gasteiger partial charge is 0.381 e. The van der Waals surface area contributed by atoms with Crippen molar-refractivity contribution in [2.75, 3.05) is 17.3 Å². The van der Waals surface area contributed by atoms with Gasteiger partial charge in [0, 0.05) is 33.5 Å². The number of aromatic nitrogens is 1. The predicted octanol–water partition coefficient (Wildman–Crippen LogP) is 4.16. The van der Waals surface area contributed by atoms with Crippen molar-refractivity contribution < 1.29 is 0 Å². The summed E-state index contributed by atoms with van der Waals surface area (Å²) in [4.78, 5) is 4.40. The number of benzene rings is 1. The number of nitrogens with one attached hydrogen (secondary N) is 1. The van der Waals surface area contributed by atoms with Gasteiger partial charge >= 0.3 is 0 Å². The Morgan fingerprint density at radius 3 is 3.00 bits per heavy atom. The van der Waals surface area contributed by atoms with E-state index in [0.717, 1.165) is 26.8 Å². The number of para-hydroxylation sites is 1. The van der Waals surface area contributed by atoms with E-state index >= 15 is 0 Å². The van der Waals surface area contributed by atoms with Gasteiger partial charge in [0.05, 0.1) is 5.52 Å². The molecule has 1 aromatic carbocycles. The molecule has 0 spiro atoms. The van der Waals surface area contributed by atoms with Gasteiger partial charge in [-0.3, -0.25) is 4.98 Å². The molecule has 0 fully saturated rings. The average molecular weight is 311 g/mol. The molecule has 1 N–H and O–H groups in total. The van der Waals surface area contributed by atoms with Crippen LogP contribution in [0.2, 0.25) is 0 Å². The number of hydrogen-bond donors (Lipinski definition) is 1. The van der Waals surface area contributed by atoms with Gasteiger partial charge in [-0.05, 0) is 41.2 Å². The quantitative estimate of drug-likeness (QED) is 0.918. The van der Waals surface area contributed by atoms with Gasteiger partial charge in [0.1, 0.15) is 0 Å². The van der Waals surface area contributed by atoms with E-state index in [1.165, 1.54) is 0 Å². The lowest BCUT2D eigenvalue weighted by Gasteiger charge is -2.15. The summed E-state index contributed by atoms with van der Waals surface area (Å²) in [5, 5.41) is 4.69. The molecule has 1 aromatic heterocycles. The first-order chi connectivity index (χ1) is 8.22. The monoisotopic (exact) mass is 310 g/mol. The fourth-order valence-corrected chi connectivity index (χ4v) is 2.87. The van der Waals surface area contributed by atoms with Crippen molar-refractivity contribution in [3.63, 3.8) is 0 Å². The van der Waals surface area contributed by atoms with Crippen molar-refractivity contribution in [3.8, 4) is 0 Å². The van der Waals surface area contributed by atoms with Crippen LogP contribution in [0.25, 0.3) is 10.9 Å². The third-order valence-corrected chi connectivity index (χ3v) is 4.01. The molecule has 0 aliphatic carbocycles. The fraction of sp³-hybridized carbons (Fsp3) is 0.308. The molecule has 4 heteroatoms. The van der Waals surface area contributed by atoms with Crippen molar-refractivity contribution in [2.24, 2.45) is 0 Å². The molecule has 0 aliphatic rings. The highest BCUT2D eigenvalue weighted by Gasteiger charge is 2.06. The van der Waals surface area contributed by atoms with Gasteiger partial charge in [0.15, 0.2) is 0 Å². The van der Waals surface area contributed by atoms with Crippen molar-refractivity contribution in [3.05, 3.63) is 34.9 Å². The van der Waals surface area contributed by atoms with E-state index in [-0.39, 0.29) is 0 Å². The Kier molecular flexibility index (Phi) is 4.29. The third kappa shape index (κ3) is 2.93. The second kappa shape index (κ2) is 5.74. The molecule has 0 aliphatic heterocycles. The molecular formula is C13H15BrN2S. The summed E-state index contributed by atoms with van der Waals surface area (Å²) in [5.41, 5.74) is 2.16. The zero-order chi connectivity index (χ0) is 12.3. The highest BCUT2D eigenvalue weighted by molar-refractivity contribution is 9.10. The minimum absolute atomic E-state index is 0.453. The zero-order valence-corrected chi connectivity index (χ0v) is 12.3. The summed E-state index contributed by atoms with van der Waals surface area (Å²) in [6, 6.07) is 8.64. The molecule has 2 nitrogen and oxygen atoms in total. The third-order valence-electron chi connectivity index (χ3n) is 2.54. The summed E-state index contributed by atoms with van der Waals surface area (Å²) < 4.78 is 1.04. The van der Waals surface area contributed by atoms with Crippen molar-refractivity contribution in [1.82, 2.24) is 4.98 Å². The van der Waals surface area contributed by atoms with E-state index in [0.29, 0.717) is 6.04 Å². The lowest BCUT2D eigenvalue weighted by Crippen LogP contribution is -2.17. The maximum absolute atomic E-state index is 4.40. The minimum Gasteiger partial charge on any atom is -0.381 e. The van der Waals surface area contributed by atoms with Gasteiger partial charge in [-0.2, -0.15) is 11.8 Å². The Labute approximate surface area is 114 Å². The number of nitrogens with zero attached hydrogens (tertiary/aromatic N) is 1. The topological polar surface area (TPSA) is 24.9 Å². The van der Waals surface area contributed by atoms with Gasteiger partial charge in [-0.1, -0.05) is 12.1 Å². The number of anilines is 1. The van der Waals surface area contributed by atoms with E-state index in [1.807, 2.05) is 36.2 Å². The van der Waals surface area contributed by atoms with Gasteiger partial charge in [-0.25, -0.2) is 0 Å². The first-order valence-electron chi connectivity index (χ1n) is 5.51. The molecule has 1 unspecified atom stereocenters. The van der Waals surface area contributed by atoms with Crippen molar-refractivity contribution >= 4 is 44.3 Å². The maximum atomic E-state index is 4.40. The van der Waals surface area contributed by atoms with Crippen LogP contribution >= 0.6 is 27.7 Å². The minimum atomic E-state index is 0.453. The highest BCUT2D eigenvalue weighted by Crippen LogP contribution is 2.27.